The summed E-state index contributed by atoms with van der Waals surface area (Å²) >= 11 is 1.54. The molecular formula is C27H23N3O2S. The third kappa shape index (κ3) is 4.08. The van der Waals surface area contributed by atoms with Gasteiger partial charge in [-0.05, 0) is 74.6 Å². The molecule has 1 N–H and O–H groups in total. The topological polar surface area (TPSA) is 75.0 Å². The number of carbonyl (C=O) groups is 1. The Morgan fingerprint density at radius 2 is 1.94 bits per heavy atom. The van der Waals surface area contributed by atoms with Crippen LogP contribution in [0.2, 0.25) is 0 Å². The Kier molecular flexibility index (Phi) is 5.80. The van der Waals surface area contributed by atoms with Crippen LogP contribution >= 0.6 is 11.3 Å². The van der Waals surface area contributed by atoms with Crippen molar-refractivity contribution in [1.82, 2.24) is 4.98 Å². The van der Waals surface area contributed by atoms with Crippen LogP contribution in [0, 0.1) is 11.3 Å². The zero-order valence-electron chi connectivity index (χ0n) is 18.4. The van der Waals surface area contributed by atoms with Crippen LogP contribution in [0.1, 0.15) is 46.1 Å². The molecule has 33 heavy (non-hydrogen) atoms. The Hall–Kier alpha value is -3.69. The van der Waals surface area contributed by atoms with E-state index >= 15 is 0 Å². The Bertz CT molecular complexity index is 1380. The molecule has 0 saturated heterocycles. The van der Waals surface area contributed by atoms with Crippen LogP contribution in [-0.4, -0.2) is 17.5 Å². The number of nitrogens with one attached hydrogen (secondary N) is 1. The number of ether oxygens (including phenoxy) is 1. The number of anilines is 1. The molecule has 5 rings (SSSR count). The second-order valence-corrected chi connectivity index (χ2v) is 9.12. The molecule has 2 heterocycles. The molecule has 5 nitrogen and oxygen atoms in total. The molecule has 2 aromatic carbocycles. The minimum absolute atomic E-state index is 0.226. The van der Waals surface area contributed by atoms with Crippen LogP contribution in [0.4, 0.5) is 5.00 Å². The van der Waals surface area contributed by atoms with E-state index in [1.807, 2.05) is 61.5 Å². The van der Waals surface area contributed by atoms with Gasteiger partial charge in [-0.15, -0.1) is 11.3 Å². The second-order valence-electron chi connectivity index (χ2n) is 8.01. The van der Waals surface area contributed by atoms with Crippen molar-refractivity contribution < 1.29 is 9.53 Å². The Morgan fingerprint density at radius 1 is 1.15 bits per heavy atom. The van der Waals surface area contributed by atoms with Crippen molar-refractivity contribution >= 4 is 33.1 Å². The lowest BCUT2D eigenvalue weighted by Crippen LogP contribution is -2.13. The summed E-state index contributed by atoms with van der Waals surface area (Å²) in [5, 5.41) is 14.2. The van der Waals surface area contributed by atoms with Gasteiger partial charge in [-0.25, -0.2) is 4.98 Å². The van der Waals surface area contributed by atoms with E-state index in [-0.39, 0.29) is 5.91 Å². The molecule has 0 fully saturated rings. The molecule has 2 aromatic heterocycles. The lowest BCUT2D eigenvalue weighted by molar-refractivity contribution is 0.102. The first-order chi connectivity index (χ1) is 16.2. The SMILES string of the molecule is CCOc1ccc(-c2cc(C(=O)Nc3sc4c(c3C#N)CCCC4)c3ccccc3n2)cc1. The standard InChI is InChI=1S/C27H23N3O2S/c1-2-32-18-13-11-17(12-14-18)24-15-21(19-7-3-5-9-23(19)29-24)26(31)30-27-22(16-28)20-8-4-6-10-25(20)33-27/h3,5,7,9,11-15H,2,4,6,8,10H2,1H3,(H,30,31). The van der Waals surface area contributed by atoms with E-state index in [0.717, 1.165) is 53.5 Å². The maximum atomic E-state index is 13.5. The normalized spacial score (nSPS) is 12.7. The Labute approximate surface area is 196 Å². The number of thiophene rings is 1. The molecule has 0 spiro atoms. The number of aromatic nitrogens is 1. The van der Waals surface area contributed by atoms with Crippen LogP contribution in [0.5, 0.6) is 5.75 Å². The summed E-state index contributed by atoms with van der Waals surface area (Å²) in [7, 11) is 0. The molecule has 1 aliphatic carbocycles. The van der Waals surface area contributed by atoms with Crippen LogP contribution in [0.3, 0.4) is 0 Å². The van der Waals surface area contributed by atoms with E-state index in [4.69, 9.17) is 9.72 Å². The Balaban J connectivity index is 1.54. The maximum Gasteiger partial charge on any atom is 0.257 e. The number of carbonyl (C=O) groups excluding carboxylic acids is 1. The first kappa shape index (κ1) is 21.2. The van der Waals surface area contributed by atoms with Gasteiger partial charge in [0.1, 0.15) is 16.8 Å². The summed E-state index contributed by atoms with van der Waals surface area (Å²) in [5.41, 5.74) is 4.64. The van der Waals surface area contributed by atoms with Crippen molar-refractivity contribution in [2.75, 3.05) is 11.9 Å². The fraction of sp³-hybridized carbons (Fsp3) is 0.222. The molecule has 0 aliphatic heterocycles. The third-order valence-corrected chi connectivity index (χ3v) is 7.14. The fourth-order valence-corrected chi connectivity index (χ4v) is 5.58. The monoisotopic (exact) mass is 453 g/mol. The minimum Gasteiger partial charge on any atom is -0.494 e. The lowest BCUT2D eigenvalue weighted by atomic mass is 9.96. The van der Waals surface area contributed by atoms with Gasteiger partial charge < -0.3 is 10.1 Å². The van der Waals surface area contributed by atoms with Gasteiger partial charge in [-0.2, -0.15) is 5.26 Å². The molecule has 0 bridgehead atoms. The molecule has 6 heteroatoms. The van der Waals surface area contributed by atoms with E-state index < -0.39 is 0 Å². The van der Waals surface area contributed by atoms with E-state index in [0.29, 0.717) is 28.4 Å². The smallest absolute Gasteiger partial charge is 0.257 e. The number of hydrogen-bond acceptors (Lipinski definition) is 5. The van der Waals surface area contributed by atoms with Crippen molar-refractivity contribution in [1.29, 1.82) is 5.26 Å². The number of para-hydroxylation sites is 1. The number of rotatable bonds is 5. The fourth-order valence-electron chi connectivity index (χ4n) is 4.34. The number of aryl methyl sites for hydroxylation is 1. The van der Waals surface area contributed by atoms with E-state index in [9.17, 15) is 10.1 Å². The number of fused-ring (bicyclic) bond motifs is 2. The van der Waals surface area contributed by atoms with Crippen LogP contribution in [0.15, 0.2) is 54.6 Å². The number of benzene rings is 2. The van der Waals surface area contributed by atoms with Crippen molar-refractivity contribution in [2.24, 2.45) is 0 Å². The summed E-state index contributed by atoms with van der Waals surface area (Å²) in [5.74, 6) is 0.571. The van der Waals surface area contributed by atoms with Crippen LogP contribution in [0.25, 0.3) is 22.2 Å². The largest absolute Gasteiger partial charge is 0.494 e. The van der Waals surface area contributed by atoms with E-state index in [2.05, 4.69) is 11.4 Å². The predicted octanol–water partition coefficient (Wildman–Crippen LogP) is 6.36. The van der Waals surface area contributed by atoms with Crippen molar-refractivity contribution in [3.8, 4) is 23.1 Å². The first-order valence-electron chi connectivity index (χ1n) is 11.2. The average Bonchev–Trinajstić information content (AvgIpc) is 3.20. The predicted molar refractivity (Wildman–Crippen MR) is 132 cm³/mol. The quantitative estimate of drug-likeness (QED) is 0.381. The summed E-state index contributed by atoms with van der Waals surface area (Å²) < 4.78 is 5.54. The highest BCUT2D eigenvalue weighted by atomic mass is 32.1. The van der Waals surface area contributed by atoms with Crippen molar-refractivity contribution in [3.63, 3.8) is 0 Å². The van der Waals surface area contributed by atoms with Crippen LogP contribution in [-0.2, 0) is 12.8 Å². The van der Waals surface area contributed by atoms with Gasteiger partial charge in [0.15, 0.2) is 0 Å². The van der Waals surface area contributed by atoms with Crippen molar-refractivity contribution in [2.45, 2.75) is 32.6 Å². The van der Waals surface area contributed by atoms with Gasteiger partial charge in [-0.3, -0.25) is 4.79 Å². The molecule has 0 saturated carbocycles. The number of pyridine rings is 1. The Morgan fingerprint density at radius 3 is 2.73 bits per heavy atom. The molecular weight excluding hydrogens is 430 g/mol. The molecule has 164 valence electrons. The van der Waals surface area contributed by atoms with Gasteiger partial charge in [0.2, 0.25) is 0 Å². The molecule has 1 aliphatic rings. The number of amides is 1. The van der Waals surface area contributed by atoms with Gasteiger partial charge in [-0.1, -0.05) is 18.2 Å². The number of nitriles is 1. The van der Waals surface area contributed by atoms with Gasteiger partial charge in [0.25, 0.3) is 5.91 Å². The highest BCUT2D eigenvalue weighted by molar-refractivity contribution is 7.16. The van der Waals surface area contributed by atoms with Gasteiger partial charge in [0, 0.05) is 15.8 Å². The number of hydrogen-bond donors (Lipinski definition) is 1. The minimum atomic E-state index is -0.226. The molecule has 0 atom stereocenters. The van der Waals surface area contributed by atoms with Gasteiger partial charge >= 0.3 is 0 Å². The van der Waals surface area contributed by atoms with Crippen molar-refractivity contribution in [3.05, 3.63) is 76.2 Å². The summed E-state index contributed by atoms with van der Waals surface area (Å²) in [6.07, 6.45) is 4.10. The van der Waals surface area contributed by atoms with Gasteiger partial charge in [0.05, 0.1) is 28.9 Å². The average molecular weight is 454 g/mol. The number of nitrogens with zero attached hydrogens (tertiary/aromatic N) is 2. The first-order valence-corrected chi connectivity index (χ1v) is 12.0. The highest BCUT2D eigenvalue weighted by Gasteiger charge is 2.23. The van der Waals surface area contributed by atoms with Crippen LogP contribution < -0.4 is 10.1 Å². The zero-order valence-corrected chi connectivity index (χ0v) is 19.2. The summed E-state index contributed by atoms with van der Waals surface area (Å²) in [4.78, 5) is 19.5. The summed E-state index contributed by atoms with van der Waals surface area (Å²) in [6.45, 7) is 2.56. The van der Waals surface area contributed by atoms with E-state index in [1.54, 1.807) is 0 Å². The summed E-state index contributed by atoms with van der Waals surface area (Å²) in [6, 6.07) is 19.5. The molecule has 1 amide bonds. The van der Waals surface area contributed by atoms with E-state index in [1.165, 1.54) is 16.2 Å². The lowest BCUT2D eigenvalue weighted by Gasteiger charge is -2.11. The zero-order chi connectivity index (χ0) is 22.8. The third-order valence-electron chi connectivity index (χ3n) is 5.93. The molecule has 4 aromatic rings. The molecule has 0 radical (unpaired) electrons. The second kappa shape index (κ2) is 9.05. The molecule has 0 unspecified atom stereocenters. The highest BCUT2D eigenvalue weighted by Crippen LogP contribution is 2.38. The maximum absolute atomic E-state index is 13.5.